The lowest BCUT2D eigenvalue weighted by atomic mass is 9.82. The van der Waals surface area contributed by atoms with E-state index in [0.717, 1.165) is 92.3 Å². The number of carboxylic acid groups (broad SMARTS) is 1. The molecule has 2 fully saturated rings. The molecule has 4 heterocycles. The average molecular weight is 838 g/mol. The number of likely N-dealkylation sites (tertiary alicyclic amines) is 1. The summed E-state index contributed by atoms with van der Waals surface area (Å²) < 4.78 is 11.0. The van der Waals surface area contributed by atoms with Gasteiger partial charge in [0.1, 0.15) is 11.6 Å². The first-order valence-electron chi connectivity index (χ1n) is 21.9. The van der Waals surface area contributed by atoms with E-state index < -0.39 is 5.97 Å². The smallest absolute Gasteiger partial charge is 0.305 e. The van der Waals surface area contributed by atoms with Crippen LogP contribution in [0.15, 0.2) is 82.8 Å². The maximum atomic E-state index is 13.3. The summed E-state index contributed by atoms with van der Waals surface area (Å²) in [5.74, 6) is 0.689. The number of piperazine rings is 1. The number of nitrogens with zero attached hydrogens (tertiary/aromatic N) is 6. The van der Waals surface area contributed by atoms with Gasteiger partial charge in [0, 0.05) is 81.5 Å². The summed E-state index contributed by atoms with van der Waals surface area (Å²) in [4.78, 5) is 68.4. The number of hydrogen-bond donors (Lipinski definition) is 2. The SMILES string of the molecule is COC(=O)C[C@@H](CN1CC[C@H](CCc2ccc3c(n2)N(C(=O)COc2ccccc2)CCC3)C1)C1C=C(N=C(C)/C=C(/C)N)C=C(N2CCN(C(=O)CCCC(=O)O)CC2)C1. The zero-order valence-corrected chi connectivity index (χ0v) is 36.1. The van der Waals surface area contributed by atoms with Crippen LogP contribution in [0.1, 0.15) is 76.5 Å². The minimum atomic E-state index is -0.890. The standard InChI is InChI=1S/C47H63N7O7/c1-33(48)25-34(2)49-40-26-37(27-41(29-40)52-21-23-53(24-22-52)43(55)12-7-13-45(57)58)38(28-46(59)60-3)31-51-20-18-35(30-51)14-16-39-17-15-36-9-8-19-54(47(36)50-39)44(56)32-61-42-10-5-4-6-11-42/h4-6,10-11,15,17,25-26,29,35,37-38H,7-9,12-14,16,18-24,27-28,30-32,48H2,1-3H3,(H,57,58)/b33-25-,49-34?/t35-,37?,38-/m0/s1. The monoisotopic (exact) mass is 837 g/mol. The number of aliphatic carboxylic acids is 1. The van der Waals surface area contributed by atoms with Crippen LogP contribution in [0.4, 0.5) is 5.82 Å². The molecule has 14 nitrogen and oxygen atoms in total. The fourth-order valence-corrected chi connectivity index (χ4v) is 8.99. The Morgan fingerprint density at radius 1 is 1.00 bits per heavy atom. The summed E-state index contributed by atoms with van der Waals surface area (Å²) in [5, 5.41) is 8.99. The van der Waals surface area contributed by atoms with Crippen LogP contribution in [-0.2, 0) is 36.8 Å². The topological polar surface area (TPSA) is 171 Å². The maximum Gasteiger partial charge on any atom is 0.305 e. The van der Waals surface area contributed by atoms with E-state index in [1.54, 1.807) is 4.90 Å². The van der Waals surface area contributed by atoms with Gasteiger partial charge < -0.3 is 35.0 Å². The third-order valence-corrected chi connectivity index (χ3v) is 12.1. The lowest BCUT2D eigenvalue weighted by Gasteiger charge is -2.40. The number of methoxy groups -OCH3 is 1. The molecule has 2 amide bonds. The number of para-hydroxylation sites is 1. The Kier molecular flexibility index (Phi) is 16.1. The van der Waals surface area contributed by atoms with Crippen LogP contribution in [0.3, 0.4) is 0 Å². The van der Waals surface area contributed by atoms with Crippen LogP contribution in [-0.4, -0.2) is 120 Å². The molecule has 0 spiro atoms. The van der Waals surface area contributed by atoms with Crippen LogP contribution < -0.4 is 15.4 Å². The fourth-order valence-electron chi connectivity index (χ4n) is 8.99. The van der Waals surface area contributed by atoms with Gasteiger partial charge in [0.15, 0.2) is 6.61 Å². The molecule has 1 aromatic heterocycles. The predicted molar refractivity (Wildman–Crippen MR) is 235 cm³/mol. The Morgan fingerprint density at radius 2 is 1.79 bits per heavy atom. The lowest BCUT2D eigenvalue weighted by Crippen LogP contribution is -2.48. The number of aryl methyl sites for hydroxylation is 2. The second-order valence-corrected chi connectivity index (χ2v) is 16.9. The van der Waals surface area contributed by atoms with Gasteiger partial charge in [-0.15, -0.1) is 0 Å². The van der Waals surface area contributed by atoms with Gasteiger partial charge >= 0.3 is 11.9 Å². The van der Waals surface area contributed by atoms with Crippen molar-refractivity contribution in [2.75, 3.05) is 71.0 Å². The van der Waals surface area contributed by atoms with Crippen molar-refractivity contribution in [3.8, 4) is 5.75 Å². The number of nitrogens with two attached hydrogens (primary N) is 1. The molecule has 0 bridgehead atoms. The van der Waals surface area contributed by atoms with Crippen molar-refractivity contribution in [2.24, 2.45) is 28.5 Å². The summed E-state index contributed by atoms with van der Waals surface area (Å²) in [6.45, 7) is 9.41. The summed E-state index contributed by atoms with van der Waals surface area (Å²) >= 11 is 0. The number of carbonyl (C=O) groups excluding carboxylic acids is 3. The number of anilines is 1. The highest BCUT2D eigenvalue weighted by molar-refractivity contribution is 5.95. The molecular weight excluding hydrogens is 775 g/mol. The van der Waals surface area contributed by atoms with Crippen molar-refractivity contribution >= 4 is 35.3 Å². The molecule has 61 heavy (non-hydrogen) atoms. The van der Waals surface area contributed by atoms with E-state index in [1.165, 1.54) is 7.11 Å². The molecule has 2 saturated heterocycles. The quantitative estimate of drug-likeness (QED) is 0.146. The van der Waals surface area contributed by atoms with Crippen LogP contribution >= 0.6 is 0 Å². The van der Waals surface area contributed by atoms with Crippen LogP contribution in [0.2, 0.25) is 0 Å². The number of carboxylic acids is 1. The summed E-state index contributed by atoms with van der Waals surface area (Å²) in [6, 6.07) is 13.6. The highest BCUT2D eigenvalue weighted by Gasteiger charge is 2.34. The second-order valence-electron chi connectivity index (χ2n) is 16.9. The first-order valence-corrected chi connectivity index (χ1v) is 21.9. The van der Waals surface area contributed by atoms with E-state index in [9.17, 15) is 19.2 Å². The Hall–Kier alpha value is -5.50. The maximum absolute atomic E-state index is 13.3. The van der Waals surface area contributed by atoms with Gasteiger partial charge in [0.2, 0.25) is 5.91 Å². The van der Waals surface area contributed by atoms with E-state index in [-0.39, 0.29) is 55.5 Å². The molecule has 328 valence electrons. The molecule has 0 saturated carbocycles. The molecule has 14 heteroatoms. The van der Waals surface area contributed by atoms with E-state index in [4.69, 9.17) is 30.3 Å². The summed E-state index contributed by atoms with van der Waals surface area (Å²) in [6.07, 6.45) is 12.4. The number of pyridine rings is 1. The lowest BCUT2D eigenvalue weighted by molar-refractivity contribution is -0.142. The number of hydrogen-bond acceptors (Lipinski definition) is 11. The normalized spacial score (nSPS) is 20.4. The van der Waals surface area contributed by atoms with Crippen molar-refractivity contribution < 1.29 is 33.8 Å². The molecule has 6 rings (SSSR count). The Morgan fingerprint density at radius 3 is 2.52 bits per heavy atom. The fraction of sp³-hybridized carbons (Fsp3) is 0.532. The van der Waals surface area contributed by atoms with Crippen LogP contribution in [0.5, 0.6) is 5.75 Å². The molecule has 3 atom stereocenters. The zero-order valence-electron chi connectivity index (χ0n) is 36.1. The number of amides is 2. The molecule has 1 aromatic carbocycles. The van der Waals surface area contributed by atoms with Crippen molar-refractivity contribution in [3.63, 3.8) is 0 Å². The Bertz CT molecular complexity index is 1980. The van der Waals surface area contributed by atoms with Crippen molar-refractivity contribution in [3.05, 3.63) is 89.0 Å². The van der Waals surface area contributed by atoms with Crippen LogP contribution in [0.25, 0.3) is 0 Å². The number of esters is 1. The summed E-state index contributed by atoms with van der Waals surface area (Å²) in [7, 11) is 1.44. The number of ether oxygens (including phenoxy) is 2. The van der Waals surface area contributed by atoms with Crippen molar-refractivity contribution in [2.45, 2.75) is 78.1 Å². The number of benzene rings is 1. The highest BCUT2D eigenvalue weighted by atomic mass is 16.5. The molecule has 1 aliphatic carbocycles. The number of allylic oxidation sites excluding steroid dienone is 5. The van der Waals surface area contributed by atoms with Gasteiger partial charge in [0.25, 0.3) is 5.91 Å². The van der Waals surface area contributed by atoms with Gasteiger partial charge in [-0.2, -0.15) is 0 Å². The van der Waals surface area contributed by atoms with Gasteiger partial charge in [-0.3, -0.25) is 29.1 Å². The molecule has 4 aliphatic rings. The average Bonchev–Trinajstić information content (AvgIpc) is 3.71. The second kappa shape index (κ2) is 21.8. The predicted octanol–water partition coefficient (Wildman–Crippen LogP) is 5.38. The molecule has 3 N–H and O–H groups in total. The first kappa shape index (κ1) is 45.0. The highest BCUT2D eigenvalue weighted by Crippen LogP contribution is 2.35. The third-order valence-electron chi connectivity index (χ3n) is 12.1. The molecule has 2 aromatic rings. The Balaban J connectivity index is 1.09. The molecule has 3 aliphatic heterocycles. The molecule has 0 radical (unpaired) electrons. The Labute approximate surface area is 360 Å². The number of aromatic nitrogens is 1. The largest absolute Gasteiger partial charge is 0.484 e. The van der Waals surface area contributed by atoms with Gasteiger partial charge in [-0.25, -0.2) is 4.98 Å². The minimum Gasteiger partial charge on any atom is -0.484 e. The first-order chi connectivity index (χ1) is 29.4. The van der Waals surface area contributed by atoms with Gasteiger partial charge in [0.05, 0.1) is 19.2 Å². The van der Waals surface area contributed by atoms with Gasteiger partial charge in [-0.05, 0) is 119 Å². The van der Waals surface area contributed by atoms with Crippen LogP contribution in [0, 0.1) is 17.8 Å². The molecule has 1 unspecified atom stereocenters. The van der Waals surface area contributed by atoms with Crippen molar-refractivity contribution in [1.82, 2.24) is 19.7 Å². The van der Waals surface area contributed by atoms with Gasteiger partial charge in [-0.1, -0.05) is 30.3 Å². The number of rotatable bonds is 18. The van der Waals surface area contributed by atoms with E-state index in [2.05, 4.69) is 34.1 Å². The van der Waals surface area contributed by atoms with E-state index in [1.807, 2.05) is 55.2 Å². The number of fused-ring (bicyclic) bond motifs is 1. The van der Waals surface area contributed by atoms with Crippen molar-refractivity contribution in [1.29, 1.82) is 0 Å². The zero-order chi connectivity index (χ0) is 43.3. The van der Waals surface area contributed by atoms with E-state index >= 15 is 0 Å². The third kappa shape index (κ3) is 13.2. The number of aliphatic imine (C=N–C) groups is 1. The minimum absolute atomic E-state index is 0.00835. The molecular formula is C47H63N7O7. The summed E-state index contributed by atoms with van der Waals surface area (Å²) in [5.41, 5.74) is 11.5. The van der Waals surface area contributed by atoms with E-state index in [0.29, 0.717) is 56.5 Å². The number of carbonyl (C=O) groups is 4.